The van der Waals surface area contributed by atoms with Crippen LogP contribution in [-0.2, 0) is 4.79 Å². The Hall–Kier alpha value is -3.31. The van der Waals surface area contributed by atoms with Gasteiger partial charge in [-0.15, -0.1) is 0 Å². The lowest BCUT2D eigenvalue weighted by Crippen LogP contribution is -2.38. The topological polar surface area (TPSA) is 70.9 Å². The smallest absolute Gasteiger partial charge is 0.176 e. The summed E-state index contributed by atoms with van der Waals surface area (Å²) in [4.78, 5) is 18.6. The summed E-state index contributed by atoms with van der Waals surface area (Å²) in [7, 11) is 0. The molecule has 2 aliphatic rings. The van der Waals surface area contributed by atoms with Crippen LogP contribution in [0.2, 0.25) is 5.02 Å². The number of nitrogens with one attached hydrogen (secondary N) is 1. The average Bonchev–Trinajstić information content (AvgIpc) is 2.99. The van der Waals surface area contributed by atoms with Gasteiger partial charge >= 0.3 is 0 Å². The molecule has 3 aromatic rings. The fraction of sp³-hybridized carbons (Fsp3) is 0.259. The first-order chi connectivity index (χ1) is 16.0. The molecule has 1 saturated carbocycles. The van der Waals surface area contributed by atoms with Crippen molar-refractivity contribution >= 4 is 34.5 Å². The molecule has 5 rings (SSSR count). The summed E-state index contributed by atoms with van der Waals surface area (Å²) in [6, 6.07) is 21.1. The lowest BCUT2D eigenvalue weighted by atomic mass is 9.72. The number of aliphatic imine (C=N–C) groups is 1. The van der Waals surface area contributed by atoms with Crippen LogP contribution >= 0.6 is 11.6 Å². The standard InChI is InChI=1S/C27H25ClN2O3/c1-2-33-24-15-18(12-19(28)27(24)32)26-25-22(29-20-10-6-7-11-21(20)30-26)13-17(14-23(25)31)16-8-4-3-5-9-16/h3-12,15,17,25-26,30,32H,2,13-14H2,1H3. The molecule has 3 atom stereocenters. The van der Waals surface area contributed by atoms with Crippen LogP contribution < -0.4 is 10.1 Å². The summed E-state index contributed by atoms with van der Waals surface area (Å²) in [5.74, 6) is 0.0169. The van der Waals surface area contributed by atoms with Crippen molar-refractivity contribution in [2.24, 2.45) is 10.9 Å². The number of Topliss-reactive ketones (excluding diaryl/α,β-unsaturated/α-hetero) is 1. The second-order valence-electron chi connectivity index (χ2n) is 8.48. The Labute approximate surface area is 198 Å². The van der Waals surface area contributed by atoms with E-state index in [4.69, 9.17) is 21.3 Å². The Morgan fingerprint density at radius 2 is 1.82 bits per heavy atom. The third kappa shape index (κ3) is 4.09. The summed E-state index contributed by atoms with van der Waals surface area (Å²) in [6.45, 7) is 2.24. The van der Waals surface area contributed by atoms with E-state index in [0.29, 0.717) is 25.2 Å². The third-order valence-electron chi connectivity index (χ3n) is 6.40. The summed E-state index contributed by atoms with van der Waals surface area (Å²) in [6.07, 6.45) is 1.16. The second-order valence-corrected chi connectivity index (χ2v) is 8.89. The predicted octanol–water partition coefficient (Wildman–Crippen LogP) is 6.45. The number of rotatable bonds is 4. The molecule has 33 heavy (non-hydrogen) atoms. The Kier molecular flexibility index (Phi) is 5.81. The fourth-order valence-corrected chi connectivity index (χ4v) is 5.09. The minimum absolute atomic E-state index is 0.0932. The number of halogens is 1. The highest BCUT2D eigenvalue weighted by Gasteiger charge is 2.42. The van der Waals surface area contributed by atoms with Crippen LogP contribution in [0.4, 0.5) is 11.4 Å². The minimum atomic E-state index is -0.438. The molecule has 5 nitrogen and oxygen atoms in total. The number of ether oxygens (including phenoxy) is 1. The SMILES string of the molecule is CCOc1cc(C2Nc3ccccc3N=C3CC(c4ccccc4)CC(=O)C32)cc(Cl)c1O. The zero-order chi connectivity index (χ0) is 22.9. The molecule has 1 heterocycles. The van der Waals surface area contributed by atoms with E-state index in [0.717, 1.165) is 28.2 Å². The number of phenolic OH excluding ortho intramolecular Hbond substituents is 1. The number of carbonyl (C=O) groups excluding carboxylic acids is 1. The Bertz CT molecular complexity index is 1230. The van der Waals surface area contributed by atoms with E-state index in [1.807, 2.05) is 49.4 Å². The first kappa shape index (κ1) is 21.5. The molecule has 0 amide bonds. The van der Waals surface area contributed by atoms with Gasteiger partial charge in [-0.25, -0.2) is 0 Å². The van der Waals surface area contributed by atoms with E-state index >= 15 is 0 Å². The highest BCUT2D eigenvalue weighted by molar-refractivity contribution is 6.32. The van der Waals surface area contributed by atoms with Gasteiger partial charge in [0.05, 0.1) is 35.0 Å². The Balaban J connectivity index is 1.61. The van der Waals surface area contributed by atoms with Crippen molar-refractivity contribution in [3.63, 3.8) is 0 Å². The van der Waals surface area contributed by atoms with Crippen molar-refractivity contribution in [3.05, 3.63) is 82.9 Å². The molecule has 3 aromatic carbocycles. The van der Waals surface area contributed by atoms with Crippen molar-refractivity contribution in [2.45, 2.75) is 31.7 Å². The lowest BCUT2D eigenvalue weighted by Gasteiger charge is -2.34. The number of aromatic hydroxyl groups is 1. The van der Waals surface area contributed by atoms with E-state index in [2.05, 4.69) is 17.4 Å². The first-order valence-corrected chi connectivity index (χ1v) is 11.6. The molecule has 1 fully saturated rings. The zero-order valence-corrected chi connectivity index (χ0v) is 19.0. The molecule has 0 spiro atoms. The quantitative estimate of drug-likeness (QED) is 0.469. The maximum absolute atomic E-state index is 13.6. The third-order valence-corrected chi connectivity index (χ3v) is 6.69. The van der Waals surface area contributed by atoms with Crippen molar-refractivity contribution in [2.75, 3.05) is 11.9 Å². The second kappa shape index (κ2) is 8.91. The highest BCUT2D eigenvalue weighted by Crippen LogP contribution is 2.46. The van der Waals surface area contributed by atoms with E-state index in [9.17, 15) is 9.90 Å². The van der Waals surface area contributed by atoms with Crippen molar-refractivity contribution in [1.82, 2.24) is 0 Å². The van der Waals surface area contributed by atoms with Crippen LogP contribution in [0, 0.1) is 5.92 Å². The number of carbonyl (C=O) groups is 1. The van der Waals surface area contributed by atoms with Crippen molar-refractivity contribution in [3.8, 4) is 11.5 Å². The molecule has 2 N–H and O–H groups in total. The van der Waals surface area contributed by atoms with E-state index in [1.54, 1.807) is 12.1 Å². The summed E-state index contributed by atoms with van der Waals surface area (Å²) < 4.78 is 5.61. The fourth-order valence-electron chi connectivity index (χ4n) is 4.88. The van der Waals surface area contributed by atoms with Crippen molar-refractivity contribution in [1.29, 1.82) is 0 Å². The van der Waals surface area contributed by atoms with Crippen LogP contribution in [0.5, 0.6) is 11.5 Å². The molecule has 0 aromatic heterocycles. The van der Waals surface area contributed by atoms with Gasteiger partial charge in [0, 0.05) is 12.1 Å². The van der Waals surface area contributed by atoms with Crippen molar-refractivity contribution < 1.29 is 14.6 Å². The van der Waals surface area contributed by atoms with E-state index < -0.39 is 5.92 Å². The molecule has 0 saturated heterocycles. The number of nitrogens with zero attached hydrogens (tertiary/aromatic N) is 1. The summed E-state index contributed by atoms with van der Waals surface area (Å²) in [5.41, 5.74) is 4.47. The van der Waals surface area contributed by atoms with Crippen LogP contribution in [-0.4, -0.2) is 23.2 Å². The number of fused-ring (bicyclic) bond motifs is 2. The number of hydrogen-bond acceptors (Lipinski definition) is 5. The number of ketones is 1. The minimum Gasteiger partial charge on any atom is -0.503 e. The van der Waals surface area contributed by atoms with Crippen LogP contribution in [0.3, 0.4) is 0 Å². The normalized spacial score (nSPS) is 21.8. The number of para-hydroxylation sites is 2. The van der Waals surface area contributed by atoms with E-state index in [-0.39, 0.29) is 28.5 Å². The molecule has 3 unspecified atom stereocenters. The van der Waals surface area contributed by atoms with Gasteiger partial charge in [-0.05, 0) is 54.7 Å². The van der Waals surface area contributed by atoms with E-state index in [1.165, 1.54) is 0 Å². The lowest BCUT2D eigenvalue weighted by molar-refractivity contribution is -0.122. The predicted molar refractivity (Wildman–Crippen MR) is 131 cm³/mol. The number of anilines is 1. The Morgan fingerprint density at radius 1 is 1.06 bits per heavy atom. The van der Waals surface area contributed by atoms with Gasteiger partial charge < -0.3 is 15.2 Å². The largest absolute Gasteiger partial charge is 0.503 e. The Morgan fingerprint density at radius 3 is 2.61 bits per heavy atom. The van der Waals surface area contributed by atoms with Crippen LogP contribution in [0.25, 0.3) is 0 Å². The number of phenols is 1. The molecule has 1 aliphatic carbocycles. The zero-order valence-electron chi connectivity index (χ0n) is 18.3. The average molecular weight is 461 g/mol. The van der Waals surface area contributed by atoms with Gasteiger partial charge in [0.15, 0.2) is 11.5 Å². The molecular weight excluding hydrogens is 436 g/mol. The molecule has 6 heteroatoms. The first-order valence-electron chi connectivity index (χ1n) is 11.2. The van der Waals surface area contributed by atoms with Gasteiger partial charge in [0.25, 0.3) is 0 Å². The van der Waals surface area contributed by atoms with Gasteiger partial charge in [-0.1, -0.05) is 54.1 Å². The maximum Gasteiger partial charge on any atom is 0.176 e. The van der Waals surface area contributed by atoms with Crippen LogP contribution in [0.1, 0.15) is 42.9 Å². The monoisotopic (exact) mass is 460 g/mol. The number of benzene rings is 3. The number of hydrogen-bond donors (Lipinski definition) is 2. The van der Waals surface area contributed by atoms with Gasteiger partial charge in [-0.3, -0.25) is 9.79 Å². The van der Waals surface area contributed by atoms with Crippen LogP contribution in [0.15, 0.2) is 71.7 Å². The van der Waals surface area contributed by atoms with Gasteiger partial charge in [0.1, 0.15) is 5.78 Å². The molecular formula is C27H25ClN2O3. The molecule has 1 aliphatic heterocycles. The maximum atomic E-state index is 13.6. The molecule has 0 radical (unpaired) electrons. The summed E-state index contributed by atoms with van der Waals surface area (Å²) >= 11 is 6.36. The summed E-state index contributed by atoms with van der Waals surface area (Å²) in [5, 5.41) is 14.1. The van der Waals surface area contributed by atoms with Gasteiger partial charge in [0.2, 0.25) is 0 Å². The molecule has 0 bridgehead atoms. The van der Waals surface area contributed by atoms with Gasteiger partial charge in [-0.2, -0.15) is 0 Å². The molecule has 168 valence electrons. The highest BCUT2D eigenvalue weighted by atomic mass is 35.5.